The molecule has 5 nitrogen and oxygen atoms in total. The molecule has 0 spiro atoms. The number of aromatic nitrogens is 2. The average molecular weight is 443 g/mol. The molecule has 1 aromatic heterocycles. The van der Waals surface area contributed by atoms with Gasteiger partial charge in [0.05, 0.1) is 11.0 Å². The highest BCUT2D eigenvalue weighted by molar-refractivity contribution is 9.10. The molecule has 27 heavy (non-hydrogen) atoms. The second kappa shape index (κ2) is 8.45. The number of thiocarbonyl (C=S) groups is 1. The molecule has 138 valence electrons. The van der Waals surface area contributed by atoms with E-state index in [4.69, 9.17) is 12.2 Å². The van der Waals surface area contributed by atoms with Crippen molar-refractivity contribution in [3.8, 4) is 0 Å². The number of Topliss-reactive ketones (excluding diaryl/α,β-unsaturated/α-hetero) is 1. The van der Waals surface area contributed by atoms with Gasteiger partial charge >= 0.3 is 0 Å². The molecule has 0 fully saturated rings. The zero-order valence-corrected chi connectivity index (χ0v) is 17.4. The molecule has 0 saturated carbocycles. The first-order valence-corrected chi connectivity index (χ1v) is 9.58. The average Bonchev–Trinajstić information content (AvgIpc) is 2.96. The predicted molar refractivity (Wildman–Crippen MR) is 116 cm³/mol. The van der Waals surface area contributed by atoms with Gasteiger partial charge in [-0.15, -0.1) is 0 Å². The zero-order chi connectivity index (χ0) is 19.4. The third-order valence-electron chi connectivity index (χ3n) is 3.96. The molecule has 0 saturated heterocycles. The predicted octanol–water partition coefficient (Wildman–Crippen LogP) is 5.01. The molecule has 2 aromatic carbocycles. The van der Waals surface area contributed by atoms with Crippen LogP contribution in [0.4, 0.5) is 11.5 Å². The van der Waals surface area contributed by atoms with E-state index in [0.29, 0.717) is 23.0 Å². The molecule has 0 atom stereocenters. The summed E-state index contributed by atoms with van der Waals surface area (Å²) in [5, 5.41) is 11.1. The summed E-state index contributed by atoms with van der Waals surface area (Å²) in [5.41, 5.74) is 3.87. The molecule has 0 amide bonds. The smallest absolute Gasteiger partial charge is 0.176 e. The van der Waals surface area contributed by atoms with Gasteiger partial charge in [-0.1, -0.05) is 29.8 Å². The lowest BCUT2D eigenvalue weighted by molar-refractivity contribution is 0.101. The van der Waals surface area contributed by atoms with Crippen molar-refractivity contribution < 1.29 is 4.79 Å². The number of nitrogens with one attached hydrogen (secondary N) is 2. The van der Waals surface area contributed by atoms with Gasteiger partial charge in [-0.2, -0.15) is 5.10 Å². The number of anilines is 2. The first kappa shape index (κ1) is 19.3. The molecule has 2 N–H and O–H groups in total. The van der Waals surface area contributed by atoms with Crippen molar-refractivity contribution >= 4 is 50.5 Å². The van der Waals surface area contributed by atoms with E-state index in [1.54, 1.807) is 19.1 Å². The standard InChI is InChI=1S/C20H19BrN4OS/c1-13-3-5-15(6-4-13)11-25-12-18(21)19(24-25)23-20(27)22-17-9-7-16(8-10-17)14(2)26/h3-10,12H,11H2,1-2H3,(H2,22,23,24,27). The fourth-order valence-electron chi connectivity index (χ4n) is 2.50. The van der Waals surface area contributed by atoms with Crippen LogP contribution in [0.2, 0.25) is 0 Å². The van der Waals surface area contributed by atoms with Crippen LogP contribution < -0.4 is 10.6 Å². The molecule has 0 bridgehead atoms. The SMILES string of the molecule is CC(=O)c1ccc(NC(=S)Nc2nn(Cc3ccc(C)cc3)cc2Br)cc1. The van der Waals surface area contributed by atoms with E-state index in [2.05, 4.69) is 62.9 Å². The van der Waals surface area contributed by atoms with Gasteiger partial charge < -0.3 is 10.6 Å². The fraction of sp³-hybridized carbons (Fsp3) is 0.150. The van der Waals surface area contributed by atoms with Gasteiger partial charge in [-0.05, 0) is 71.8 Å². The van der Waals surface area contributed by atoms with Crippen molar-refractivity contribution in [2.24, 2.45) is 0 Å². The summed E-state index contributed by atoms with van der Waals surface area (Å²) in [6.45, 7) is 4.28. The highest BCUT2D eigenvalue weighted by atomic mass is 79.9. The van der Waals surface area contributed by atoms with Crippen molar-refractivity contribution in [3.05, 3.63) is 75.9 Å². The van der Waals surface area contributed by atoms with Crippen LogP contribution in [0.25, 0.3) is 0 Å². The number of carbonyl (C=O) groups is 1. The van der Waals surface area contributed by atoms with Gasteiger partial charge in [0.1, 0.15) is 0 Å². The Hall–Kier alpha value is -2.51. The second-order valence-corrected chi connectivity index (χ2v) is 7.48. The normalized spacial score (nSPS) is 10.5. The van der Waals surface area contributed by atoms with E-state index in [1.165, 1.54) is 11.1 Å². The van der Waals surface area contributed by atoms with Crippen LogP contribution in [0.5, 0.6) is 0 Å². The quantitative estimate of drug-likeness (QED) is 0.429. The Morgan fingerprint density at radius 2 is 1.78 bits per heavy atom. The van der Waals surface area contributed by atoms with Crippen molar-refractivity contribution in [2.45, 2.75) is 20.4 Å². The lowest BCUT2D eigenvalue weighted by Gasteiger charge is -2.09. The molecule has 7 heteroatoms. The molecule has 0 aliphatic carbocycles. The summed E-state index contributed by atoms with van der Waals surface area (Å²) >= 11 is 8.87. The molecule has 0 aliphatic heterocycles. The van der Waals surface area contributed by atoms with Gasteiger partial charge in [-0.25, -0.2) is 0 Å². The minimum Gasteiger partial charge on any atom is -0.332 e. The first-order valence-electron chi connectivity index (χ1n) is 8.38. The Bertz CT molecular complexity index is 965. The molecule has 1 heterocycles. The van der Waals surface area contributed by atoms with E-state index in [9.17, 15) is 4.79 Å². The minimum atomic E-state index is 0.0327. The monoisotopic (exact) mass is 442 g/mol. The van der Waals surface area contributed by atoms with E-state index >= 15 is 0 Å². The molecular formula is C20H19BrN4OS. The Morgan fingerprint density at radius 3 is 2.41 bits per heavy atom. The lowest BCUT2D eigenvalue weighted by Crippen LogP contribution is -2.19. The Morgan fingerprint density at radius 1 is 1.11 bits per heavy atom. The lowest BCUT2D eigenvalue weighted by atomic mass is 10.1. The molecular weight excluding hydrogens is 424 g/mol. The van der Waals surface area contributed by atoms with Crippen molar-refractivity contribution in [1.82, 2.24) is 9.78 Å². The minimum absolute atomic E-state index is 0.0327. The van der Waals surface area contributed by atoms with Crippen molar-refractivity contribution in [3.63, 3.8) is 0 Å². The van der Waals surface area contributed by atoms with Crippen LogP contribution in [-0.4, -0.2) is 20.7 Å². The first-order chi connectivity index (χ1) is 12.9. The Labute approximate surface area is 171 Å². The molecule has 3 rings (SSSR count). The number of hydrogen-bond donors (Lipinski definition) is 2. The number of halogens is 1. The van der Waals surface area contributed by atoms with Gasteiger partial charge in [-0.3, -0.25) is 9.48 Å². The number of carbonyl (C=O) groups excluding carboxylic acids is 1. The van der Waals surface area contributed by atoms with Crippen LogP contribution in [0.3, 0.4) is 0 Å². The van der Waals surface area contributed by atoms with Crippen LogP contribution in [-0.2, 0) is 6.54 Å². The van der Waals surface area contributed by atoms with E-state index in [-0.39, 0.29) is 5.78 Å². The van der Waals surface area contributed by atoms with Crippen molar-refractivity contribution in [1.29, 1.82) is 0 Å². The highest BCUT2D eigenvalue weighted by Crippen LogP contribution is 2.21. The molecule has 0 aliphatic rings. The van der Waals surface area contributed by atoms with Gasteiger partial charge in [0.15, 0.2) is 16.7 Å². The number of aryl methyl sites for hydroxylation is 1. The summed E-state index contributed by atoms with van der Waals surface area (Å²) in [5.74, 6) is 0.672. The van der Waals surface area contributed by atoms with Gasteiger partial charge in [0.25, 0.3) is 0 Å². The summed E-state index contributed by atoms with van der Waals surface area (Å²) in [4.78, 5) is 11.3. The van der Waals surface area contributed by atoms with Crippen LogP contribution >= 0.6 is 28.1 Å². The topological polar surface area (TPSA) is 59.0 Å². The Balaban J connectivity index is 1.63. The van der Waals surface area contributed by atoms with Crippen LogP contribution in [0.1, 0.15) is 28.4 Å². The summed E-state index contributed by atoms with van der Waals surface area (Å²) < 4.78 is 2.67. The summed E-state index contributed by atoms with van der Waals surface area (Å²) in [6.07, 6.45) is 1.91. The number of nitrogens with zero attached hydrogens (tertiary/aromatic N) is 2. The third-order valence-corrected chi connectivity index (χ3v) is 4.75. The summed E-state index contributed by atoms with van der Waals surface area (Å²) in [6, 6.07) is 15.5. The molecule has 3 aromatic rings. The number of ketones is 1. The van der Waals surface area contributed by atoms with Gasteiger partial charge in [0, 0.05) is 17.4 Å². The zero-order valence-electron chi connectivity index (χ0n) is 15.0. The van der Waals surface area contributed by atoms with Gasteiger partial charge in [0.2, 0.25) is 0 Å². The van der Waals surface area contributed by atoms with E-state index in [1.807, 2.05) is 23.0 Å². The van der Waals surface area contributed by atoms with E-state index < -0.39 is 0 Å². The number of benzene rings is 2. The third kappa shape index (κ3) is 5.24. The highest BCUT2D eigenvalue weighted by Gasteiger charge is 2.09. The Kier molecular flexibility index (Phi) is 6.03. The maximum atomic E-state index is 11.3. The maximum absolute atomic E-state index is 11.3. The van der Waals surface area contributed by atoms with Crippen LogP contribution in [0, 0.1) is 6.92 Å². The second-order valence-electron chi connectivity index (χ2n) is 6.22. The van der Waals surface area contributed by atoms with E-state index in [0.717, 1.165) is 10.2 Å². The fourth-order valence-corrected chi connectivity index (χ4v) is 3.13. The number of rotatable bonds is 5. The summed E-state index contributed by atoms with van der Waals surface area (Å²) in [7, 11) is 0. The van der Waals surface area contributed by atoms with Crippen molar-refractivity contribution in [2.75, 3.05) is 10.6 Å². The molecule has 0 unspecified atom stereocenters. The molecule has 0 radical (unpaired) electrons. The van der Waals surface area contributed by atoms with Crippen LogP contribution in [0.15, 0.2) is 59.2 Å². The largest absolute Gasteiger partial charge is 0.332 e. The number of hydrogen-bond acceptors (Lipinski definition) is 3. The maximum Gasteiger partial charge on any atom is 0.176 e.